The van der Waals surface area contributed by atoms with Gasteiger partial charge in [-0.15, -0.1) is 0 Å². The van der Waals surface area contributed by atoms with E-state index in [1.54, 1.807) is 6.08 Å². The molecule has 3 heteroatoms. The molecule has 0 amide bonds. The van der Waals surface area contributed by atoms with Crippen LogP contribution in [-0.4, -0.2) is 12.6 Å². The van der Waals surface area contributed by atoms with Gasteiger partial charge in [-0.2, -0.15) is 0 Å². The third-order valence-corrected chi connectivity index (χ3v) is 2.45. The third kappa shape index (κ3) is 11.4. The van der Waals surface area contributed by atoms with Gasteiger partial charge >= 0.3 is 5.97 Å². The third-order valence-electron chi connectivity index (χ3n) is 2.11. The van der Waals surface area contributed by atoms with Gasteiger partial charge in [-0.05, 0) is 18.9 Å². The highest BCUT2D eigenvalue weighted by atomic mass is 35.5. The molecule has 0 rings (SSSR count). The lowest BCUT2D eigenvalue weighted by molar-refractivity contribution is -0.139. The quantitative estimate of drug-likeness (QED) is 0.467. The molecule has 0 radical (unpaired) electrons. The number of carbonyl (C=O) groups is 1. The maximum Gasteiger partial charge on any atom is 0.302 e. The first-order valence-electron chi connectivity index (χ1n) is 5.64. The molecule has 0 aromatic carbocycles. The van der Waals surface area contributed by atoms with E-state index in [1.165, 1.54) is 32.6 Å². The fourth-order valence-corrected chi connectivity index (χ4v) is 1.45. The van der Waals surface area contributed by atoms with Crippen LogP contribution in [0.15, 0.2) is 11.1 Å². The summed E-state index contributed by atoms with van der Waals surface area (Å²) in [4.78, 5) is 10.5. The fraction of sp³-hybridized carbons (Fsp3) is 0.750. The minimum Gasteiger partial charge on any atom is -0.462 e. The van der Waals surface area contributed by atoms with Gasteiger partial charge < -0.3 is 4.74 Å². The van der Waals surface area contributed by atoms with Crippen molar-refractivity contribution >= 4 is 17.6 Å². The average Bonchev–Trinajstić information content (AvgIpc) is 2.17. The first-order chi connectivity index (χ1) is 7.16. The zero-order chi connectivity index (χ0) is 11.5. The van der Waals surface area contributed by atoms with Gasteiger partial charge in [0.05, 0.1) is 0 Å². The Labute approximate surface area is 97.6 Å². The van der Waals surface area contributed by atoms with Gasteiger partial charge in [0.25, 0.3) is 0 Å². The topological polar surface area (TPSA) is 26.3 Å². The summed E-state index contributed by atoms with van der Waals surface area (Å²) >= 11 is 5.95. The van der Waals surface area contributed by atoms with E-state index in [0.717, 1.165) is 17.9 Å². The van der Waals surface area contributed by atoms with Crippen molar-refractivity contribution in [2.24, 2.45) is 0 Å². The van der Waals surface area contributed by atoms with Crippen molar-refractivity contribution in [2.45, 2.75) is 52.4 Å². The largest absolute Gasteiger partial charge is 0.462 e. The number of hydrogen-bond donors (Lipinski definition) is 0. The second-order valence-electron chi connectivity index (χ2n) is 3.62. The first kappa shape index (κ1) is 14.5. The molecule has 15 heavy (non-hydrogen) atoms. The maximum atomic E-state index is 10.5. The number of carbonyl (C=O) groups excluding carboxylic acids is 1. The first-order valence-corrected chi connectivity index (χ1v) is 6.02. The zero-order valence-electron chi connectivity index (χ0n) is 9.72. The number of unbranched alkanes of at least 4 members (excludes halogenated alkanes) is 4. The minimum atomic E-state index is -0.265. The van der Waals surface area contributed by atoms with Crippen LogP contribution in [0.3, 0.4) is 0 Å². The van der Waals surface area contributed by atoms with Crippen LogP contribution in [0.2, 0.25) is 0 Å². The van der Waals surface area contributed by atoms with Crippen molar-refractivity contribution in [1.29, 1.82) is 0 Å². The Balaban J connectivity index is 3.38. The highest BCUT2D eigenvalue weighted by molar-refractivity contribution is 6.29. The SMILES string of the molecule is CCCCCCCC(Cl)=CCOC(C)=O. The Morgan fingerprint density at radius 2 is 1.93 bits per heavy atom. The van der Waals surface area contributed by atoms with Crippen molar-refractivity contribution in [3.05, 3.63) is 11.1 Å². The van der Waals surface area contributed by atoms with Gasteiger partial charge in [-0.3, -0.25) is 4.79 Å². The van der Waals surface area contributed by atoms with E-state index in [4.69, 9.17) is 16.3 Å². The van der Waals surface area contributed by atoms with Crippen LogP contribution in [0.4, 0.5) is 0 Å². The zero-order valence-corrected chi connectivity index (χ0v) is 10.5. The Kier molecular flexibility index (Phi) is 9.70. The van der Waals surface area contributed by atoms with Gasteiger partial charge in [-0.25, -0.2) is 0 Å². The molecule has 2 nitrogen and oxygen atoms in total. The highest BCUT2D eigenvalue weighted by Gasteiger charge is 1.95. The van der Waals surface area contributed by atoms with Crippen LogP contribution >= 0.6 is 11.6 Å². The molecule has 0 atom stereocenters. The molecular formula is C12H21ClO2. The maximum absolute atomic E-state index is 10.5. The lowest BCUT2D eigenvalue weighted by Gasteiger charge is -2.00. The normalized spacial score (nSPS) is 11.5. The van der Waals surface area contributed by atoms with Crippen LogP contribution < -0.4 is 0 Å². The van der Waals surface area contributed by atoms with Crippen molar-refractivity contribution in [2.75, 3.05) is 6.61 Å². The van der Waals surface area contributed by atoms with Gasteiger partial charge in [0, 0.05) is 12.0 Å². The second kappa shape index (κ2) is 10.0. The molecule has 0 aliphatic rings. The molecule has 0 spiro atoms. The van der Waals surface area contributed by atoms with E-state index >= 15 is 0 Å². The highest BCUT2D eigenvalue weighted by Crippen LogP contribution is 2.13. The molecule has 0 aliphatic carbocycles. The number of esters is 1. The number of hydrogen-bond acceptors (Lipinski definition) is 2. The van der Waals surface area contributed by atoms with E-state index in [2.05, 4.69) is 6.92 Å². The van der Waals surface area contributed by atoms with Crippen LogP contribution in [0.5, 0.6) is 0 Å². The molecular weight excluding hydrogens is 212 g/mol. The van der Waals surface area contributed by atoms with Crippen molar-refractivity contribution in [3.8, 4) is 0 Å². The molecule has 0 saturated heterocycles. The second-order valence-corrected chi connectivity index (χ2v) is 4.10. The number of ether oxygens (including phenoxy) is 1. The number of allylic oxidation sites excluding steroid dienone is 1. The molecule has 0 aromatic rings. The van der Waals surface area contributed by atoms with Gasteiger partial charge in [0.1, 0.15) is 6.61 Å². The summed E-state index contributed by atoms with van der Waals surface area (Å²) in [6.07, 6.45) is 8.85. The lowest BCUT2D eigenvalue weighted by Crippen LogP contribution is -1.97. The number of rotatable bonds is 8. The Hall–Kier alpha value is -0.500. The van der Waals surface area contributed by atoms with Crippen molar-refractivity contribution in [1.82, 2.24) is 0 Å². The molecule has 0 bridgehead atoms. The van der Waals surface area contributed by atoms with Gasteiger partial charge in [-0.1, -0.05) is 44.2 Å². The summed E-state index contributed by atoms with van der Waals surface area (Å²) in [5.74, 6) is -0.265. The molecule has 0 aliphatic heterocycles. The predicted octanol–water partition coefficient (Wildman–Crippen LogP) is 4.03. The summed E-state index contributed by atoms with van der Waals surface area (Å²) in [6, 6.07) is 0. The predicted molar refractivity (Wildman–Crippen MR) is 63.9 cm³/mol. The van der Waals surface area contributed by atoms with E-state index < -0.39 is 0 Å². The molecule has 0 aromatic heterocycles. The van der Waals surface area contributed by atoms with Crippen LogP contribution in [-0.2, 0) is 9.53 Å². The van der Waals surface area contributed by atoms with Crippen LogP contribution in [0.25, 0.3) is 0 Å². The van der Waals surface area contributed by atoms with Gasteiger partial charge in [0.2, 0.25) is 0 Å². The molecule has 0 unspecified atom stereocenters. The average molecular weight is 233 g/mol. The fourth-order valence-electron chi connectivity index (χ4n) is 1.25. The van der Waals surface area contributed by atoms with Crippen molar-refractivity contribution < 1.29 is 9.53 Å². The Morgan fingerprint density at radius 3 is 2.53 bits per heavy atom. The molecule has 0 saturated carbocycles. The van der Waals surface area contributed by atoms with E-state index in [-0.39, 0.29) is 5.97 Å². The van der Waals surface area contributed by atoms with Crippen LogP contribution in [0, 0.1) is 0 Å². The monoisotopic (exact) mass is 232 g/mol. The summed E-state index contributed by atoms with van der Waals surface area (Å²) in [7, 11) is 0. The van der Waals surface area contributed by atoms with E-state index in [9.17, 15) is 4.79 Å². The molecule has 0 heterocycles. The summed E-state index contributed by atoms with van der Waals surface area (Å²) in [5, 5.41) is 0.799. The van der Waals surface area contributed by atoms with Crippen molar-refractivity contribution in [3.63, 3.8) is 0 Å². The van der Waals surface area contributed by atoms with E-state index in [1.807, 2.05) is 0 Å². The number of halogens is 1. The standard InChI is InChI=1S/C12H21ClO2/c1-3-4-5-6-7-8-12(13)9-10-15-11(2)14/h9H,3-8,10H2,1-2H3. The Morgan fingerprint density at radius 1 is 1.27 bits per heavy atom. The van der Waals surface area contributed by atoms with Gasteiger partial charge in [0.15, 0.2) is 0 Å². The summed E-state index contributed by atoms with van der Waals surface area (Å²) < 4.78 is 4.76. The summed E-state index contributed by atoms with van der Waals surface area (Å²) in [6.45, 7) is 3.89. The lowest BCUT2D eigenvalue weighted by atomic mass is 10.1. The molecule has 0 N–H and O–H groups in total. The minimum absolute atomic E-state index is 0.265. The smallest absolute Gasteiger partial charge is 0.302 e. The van der Waals surface area contributed by atoms with Crippen LogP contribution in [0.1, 0.15) is 52.4 Å². The summed E-state index contributed by atoms with van der Waals surface area (Å²) in [5.41, 5.74) is 0. The Bertz CT molecular complexity index is 200. The van der Waals surface area contributed by atoms with E-state index in [0.29, 0.717) is 6.61 Å². The molecule has 0 fully saturated rings. The molecule has 88 valence electrons.